The number of nitrogens with two attached hydrogens (primary N) is 1. The van der Waals surface area contributed by atoms with Gasteiger partial charge in [0.1, 0.15) is 0 Å². The molecule has 0 unspecified atom stereocenters. The van der Waals surface area contributed by atoms with E-state index in [9.17, 15) is 13.2 Å². The molecule has 0 aromatic rings. The highest BCUT2D eigenvalue weighted by atomic mass is 32.2. The maximum Gasteiger partial charge on any atom is 0.422 e. The van der Waals surface area contributed by atoms with E-state index in [1.54, 1.807) is 18.6 Å². The Bertz CT molecular complexity index is 366. The summed E-state index contributed by atoms with van der Waals surface area (Å²) < 4.78 is 30.1. The summed E-state index contributed by atoms with van der Waals surface area (Å²) in [6.07, 6.45) is -1.44. The molecule has 7 nitrogen and oxygen atoms in total. The SMILES string of the molecule is CC(C)OC(=O)NS(=O)(=O)N(C)CC(N)=S. The van der Waals surface area contributed by atoms with E-state index in [1.807, 2.05) is 0 Å². The van der Waals surface area contributed by atoms with E-state index in [4.69, 9.17) is 5.73 Å². The molecule has 0 fully saturated rings. The van der Waals surface area contributed by atoms with Crippen molar-refractivity contribution in [2.45, 2.75) is 20.0 Å². The number of rotatable bonds is 5. The molecule has 0 aromatic carbocycles. The van der Waals surface area contributed by atoms with E-state index in [0.717, 1.165) is 4.31 Å². The maximum absolute atomic E-state index is 11.5. The summed E-state index contributed by atoms with van der Waals surface area (Å²) in [6, 6.07) is 0. The number of hydrogen-bond donors (Lipinski definition) is 2. The molecule has 3 N–H and O–H groups in total. The first-order valence-corrected chi connectivity index (χ1v) is 6.23. The molecule has 1 amide bonds. The molecule has 0 atom stereocenters. The summed E-state index contributed by atoms with van der Waals surface area (Å²) in [5.41, 5.74) is 5.18. The van der Waals surface area contributed by atoms with Crippen LogP contribution in [0, 0.1) is 0 Å². The van der Waals surface area contributed by atoms with Crippen LogP contribution in [-0.2, 0) is 14.9 Å². The fourth-order valence-electron chi connectivity index (χ4n) is 0.726. The molecule has 9 heteroatoms. The van der Waals surface area contributed by atoms with Crippen LogP contribution in [-0.4, -0.2) is 43.5 Å². The van der Waals surface area contributed by atoms with Gasteiger partial charge >= 0.3 is 16.3 Å². The largest absolute Gasteiger partial charge is 0.446 e. The summed E-state index contributed by atoms with van der Waals surface area (Å²) in [4.78, 5) is 11.1. The number of carbonyl (C=O) groups excluding carboxylic acids is 1. The first-order chi connectivity index (χ1) is 7.15. The lowest BCUT2D eigenvalue weighted by atomic mass is 10.5. The van der Waals surface area contributed by atoms with Gasteiger partial charge in [-0.2, -0.15) is 12.7 Å². The van der Waals surface area contributed by atoms with Crippen molar-refractivity contribution >= 4 is 33.5 Å². The monoisotopic (exact) mass is 269 g/mol. The lowest BCUT2D eigenvalue weighted by Gasteiger charge is -2.17. The van der Waals surface area contributed by atoms with Gasteiger partial charge in [0.25, 0.3) is 0 Å². The van der Waals surface area contributed by atoms with Gasteiger partial charge in [-0.1, -0.05) is 12.2 Å². The summed E-state index contributed by atoms with van der Waals surface area (Å²) >= 11 is 4.55. The van der Waals surface area contributed by atoms with Crippen molar-refractivity contribution in [3.63, 3.8) is 0 Å². The van der Waals surface area contributed by atoms with Gasteiger partial charge in [-0.15, -0.1) is 0 Å². The van der Waals surface area contributed by atoms with E-state index in [-0.39, 0.29) is 11.5 Å². The normalized spacial score (nSPS) is 11.6. The Morgan fingerprint density at radius 1 is 1.56 bits per heavy atom. The second-order valence-corrected chi connectivity index (χ2v) is 5.59. The number of carbonyl (C=O) groups is 1. The number of nitrogens with one attached hydrogen (secondary N) is 1. The highest BCUT2D eigenvalue weighted by Gasteiger charge is 2.22. The van der Waals surface area contributed by atoms with Crippen LogP contribution in [0.1, 0.15) is 13.8 Å². The molecular formula is C7H15N3O4S2. The average Bonchev–Trinajstić information content (AvgIpc) is 1.98. The zero-order valence-electron chi connectivity index (χ0n) is 9.26. The van der Waals surface area contributed by atoms with Crippen molar-refractivity contribution in [1.82, 2.24) is 9.03 Å². The minimum atomic E-state index is -3.96. The van der Waals surface area contributed by atoms with Crippen molar-refractivity contribution in [2.75, 3.05) is 13.6 Å². The fraction of sp³-hybridized carbons (Fsp3) is 0.714. The number of amides is 1. The Balaban J connectivity index is 4.45. The number of thiocarbonyl (C=S) groups is 1. The Hall–Kier alpha value is -0.930. The van der Waals surface area contributed by atoms with Gasteiger partial charge in [-0.05, 0) is 13.8 Å². The number of nitrogens with zero attached hydrogens (tertiary/aromatic N) is 1. The molecule has 0 aliphatic carbocycles. The number of hydrogen-bond acceptors (Lipinski definition) is 5. The van der Waals surface area contributed by atoms with Crippen molar-refractivity contribution in [2.24, 2.45) is 5.73 Å². The Morgan fingerprint density at radius 2 is 2.06 bits per heavy atom. The standard InChI is InChI=1S/C7H15N3O4S2/c1-5(2)14-7(11)9-16(12,13)10(3)4-6(8)15/h5H,4H2,1-3H3,(H2,8,15)(H,9,11). The van der Waals surface area contributed by atoms with E-state index in [1.165, 1.54) is 7.05 Å². The molecule has 0 saturated heterocycles. The van der Waals surface area contributed by atoms with Gasteiger partial charge in [0.2, 0.25) is 0 Å². The molecule has 0 radical (unpaired) electrons. The Morgan fingerprint density at radius 3 is 2.44 bits per heavy atom. The van der Waals surface area contributed by atoms with Gasteiger partial charge in [0.05, 0.1) is 17.6 Å². The second-order valence-electron chi connectivity index (χ2n) is 3.28. The van der Waals surface area contributed by atoms with Crippen molar-refractivity contribution in [1.29, 1.82) is 0 Å². The van der Waals surface area contributed by atoms with Gasteiger partial charge in [-0.3, -0.25) is 0 Å². The molecule has 0 aromatic heterocycles. The predicted molar refractivity (Wildman–Crippen MR) is 63.1 cm³/mol. The topological polar surface area (TPSA) is 102 Å². The first kappa shape index (κ1) is 15.1. The third kappa shape index (κ3) is 5.83. The quantitative estimate of drug-likeness (QED) is 0.657. The van der Waals surface area contributed by atoms with Crippen molar-refractivity contribution in [3.05, 3.63) is 0 Å². The maximum atomic E-state index is 11.5. The van der Waals surface area contributed by atoms with Crippen LogP contribution < -0.4 is 10.5 Å². The van der Waals surface area contributed by atoms with Gasteiger partial charge in [0.15, 0.2) is 0 Å². The summed E-state index contributed by atoms with van der Waals surface area (Å²) in [5.74, 6) is 0. The summed E-state index contributed by atoms with van der Waals surface area (Å²) in [5, 5.41) is 0. The fourth-order valence-corrected chi connectivity index (χ4v) is 1.72. The van der Waals surface area contributed by atoms with E-state index >= 15 is 0 Å². The molecule has 0 spiro atoms. The van der Waals surface area contributed by atoms with Gasteiger partial charge in [-0.25, -0.2) is 9.52 Å². The van der Waals surface area contributed by atoms with Gasteiger partial charge < -0.3 is 10.5 Å². The lowest BCUT2D eigenvalue weighted by Crippen LogP contribution is -2.44. The van der Waals surface area contributed by atoms with Crippen molar-refractivity contribution < 1.29 is 17.9 Å². The molecular weight excluding hydrogens is 254 g/mol. The molecule has 0 aliphatic heterocycles. The van der Waals surface area contributed by atoms with Gasteiger partial charge in [0, 0.05) is 7.05 Å². The molecule has 0 rings (SSSR count). The zero-order chi connectivity index (χ0) is 12.9. The third-order valence-corrected chi connectivity index (χ3v) is 2.85. The minimum Gasteiger partial charge on any atom is -0.446 e. The van der Waals surface area contributed by atoms with E-state index < -0.39 is 22.4 Å². The van der Waals surface area contributed by atoms with Crippen molar-refractivity contribution in [3.8, 4) is 0 Å². The highest BCUT2D eigenvalue weighted by molar-refractivity contribution is 7.87. The minimum absolute atomic E-state index is 0.00472. The Labute approximate surface area is 100 Å². The predicted octanol–water partition coefficient (Wildman–Crippen LogP) is -0.416. The third-order valence-electron chi connectivity index (χ3n) is 1.34. The highest BCUT2D eigenvalue weighted by Crippen LogP contribution is 1.96. The molecule has 94 valence electrons. The van der Waals surface area contributed by atoms with E-state index in [0.29, 0.717) is 0 Å². The zero-order valence-corrected chi connectivity index (χ0v) is 10.9. The van der Waals surface area contributed by atoms with Crippen LogP contribution in [0.2, 0.25) is 0 Å². The first-order valence-electron chi connectivity index (χ1n) is 4.38. The van der Waals surface area contributed by atoms with Crippen LogP contribution >= 0.6 is 12.2 Å². The number of ether oxygens (including phenoxy) is 1. The molecule has 16 heavy (non-hydrogen) atoms. The van der Waals surface area contributed by atoms with Crippen LogP contribution in [0.15, 0.2) is 0 Å². The van der Waals surface area contributed by atoms with Crippen LogP contribution in [0.5, 0.6) is 0 Å². The summed E-state index contributed by atoms with van der Waals surface area (Å²) in [6.45, 7) is 3.05. The smallest absolute Gasteiger partial charge is 0.422 e. The summed E-state index contributed by atoms with van der Waals surface area (Å²) in [7, 11) is -2.72. The van der Waals surface area contributed by atoms with Crippen LogP contribution in [0.25, 0.3) is 0 Å². The van der Waals surface area contributed by atoms with E-state index in [2.05, 4.69) is 17.0 Å². The lowest BCUT2D eigenvalue weighted by molar-refractivity contribution is 0.121. The average molecular weight is 269 g/mol. The molecule has 0 saturated carbocycles. The molecule has 0 aliphatic rings. The number of likely N-dealkylation sites (N-methyl/N-ethyl adjacent to an activating group) is 1. The molecule has 0 bridgehead atoms. The van der Waals surface area contributed by atoms with Crippen LogP contribution in [0.4, 0.5) is 4.79 Å². The molecule has 0 heterocycles. The Kier molecular flexibility index (Phi) is 5.62. The van der Waals surface area contributed by atoms with Crippen LogP contribution in [0.3, 0.4) is 0 Å². The second kappa shape index (κ2) is 5.97.